The molecule has 3 rings (SSSR count). The summed E-state index contributed by atoms with van der Waals surface area (Å²) in [4.78, 5) is 23.6. The summed E-state index contributed by atoms with van der Waals surface area (Å²) in [7, 11) is 0. The lowest BCUT2D eigenvalue weighted by molar-refractivity contribution is -0.139. The molecule has 0 spiro atoms. The van der Waals surface area contributed by atoms with Gasteiger partial charge in [0.2, 0.25) is 5.91 Å². The molecule has 2 heterocycles. The molecule has 1 unspecified atom stereocenters. The molecule has 1 amide bonds. The van der Waals surface area contributed by atoms with Crippen LogP contribution in [-0.4, -0.2) is 46.6 Å². The Hall–Kier alpha value is -2.47. The molecule has 1 atom stereocenters. The van der Waals surface area contributed by atoms with Gasteiger partial charge in [-0.05, 0) is 25.5 Å². The van der Waals surface area contributed by atoms with Crippen molar-refractivity contribution in [1.29, 1.82) is 0 Å². The maximum absolute atomic E-state index is 12.8. The van der Waals surface area contributed by atoms with Crippen molar-refractivity contribution in [2.45, 2.75) is 32.4 Å². The molecule has 0 saturated carbocycles. The number of nitrogens with one attached hydrogen (secondary N) is 1. The van der Waals surface area contributed by atoms with E-state index in [9.17, 15) is 4.79 Å². The van der Waals surface area contributed by atoms with Crippen molar-refractivity contribution in [1.82, 2.24) is 14.9 Å². The minimum Gasteiger partial charge on any atom is -0.377 e. The van der Waals surface area contributed by atoms with Crippen LogP contribution < -0.4 is 5.32 Å². The van der Waals surface area contributed by atoms with Gasteiger partial charge in [0, 0.05) is 18.8 Å². The van der Waals surface area contributed by atoms with E-state index in [0.717, 1.165) is 11.4 Å². The number of benzene rings is 1. The fourth-order valence-corrected chi connectivity index (χ4v) is 2.90. The first-order valence-corrected chi connectivity index (χ1v) is 8.64. The highest BCUT2D eigenvalue weighted by Gasteiger charge is 2.30. The van der Waals surface area contributed by atoms with Crippen molar-refractivity contribution in [2.24, 2.45) is 0 Å². The van der Waals surface area contributed by atoms with Crippen LogP contribution in [0.2, 0.25) is 0 Å². The van der Waals surface area contributed by atoms with E-state index in [1.807, 2.05) is 41.3 Å². The maximum Gasteiger partial charge on any atom is 0.227 e. The summed E-state index contributed by atoms with van der Waals surface area (Å²) >= 11 is 0. The first-order valence-electron chi connectivity index (χ1n) is 8.64. The zero-order valence-corrected chi connectivity index (χ0v) is 14.7. The molecule has 1 N–H and O–H groups in total. The standard InChI is InChI=1S/C19H24N4O2/c1-14(2)21-17-8-9-20-19(22-17)16-13-25-11-10-23(16)18(24)12-15-6-4-3-5-7-15/h3-9,14,16H,10-13H2,1-2H3,(H,20,21,22). The Morgan fingerprint density at radius 2 is 2.12 bits per heavy atom. The molecular formula is C19H24N4O2. The normalized spacial score (nSPS) is 17.6. The lowest BCUT2D eigenvalue weighted by Crippen LogP contribution is -2.44. The van der Waals surface area contributed by atoms with E-state index in [1.165, 1.54) is 0 Å². The minimum atomic E-state index is -0.251. The molecule has 1 saturated heterocycles. The highest BCUT2D eigenvalue weighted by atomic mass is 16.5. The van der Waals surface area contributed by atoms with Gasteiger partial charge in [0.05, 0.1) is 19.6 Å². The molecule has 1 aliphatic rings. The van der Waals surface area contributed by atoms with Crippen LogP contribution in [-0.2, 0) is 16.0 Å². The van der Waals surface area contributed by atoms with Gasteiger partial charge in [0.15, 0.2) is 5.82 Å². The smallest absolute Gasteiger partial charge is 0.227 e. The van der Waals surface area contributed by atoms with Crippen LogP contribution in [0.4, 0.5) is 5.82 Å². The van der Waals surface area contributed by atoms with Crippen LogP contribution in [0.5, 0.6) is 0 Å². The number of morpholine rings is 1. The van der Waals surface area contributed by atoms with Crippen molar-refractivity contribution in [3.63, 3.8) is 0 Å². The summed E-state index contributed by atoms with van der Waals surface area (Å²) in [5.74, 6) is 1.46. The lowest BCUT2D eigenvalue weighted by Gasteiger charge is -2.34. The van der Waals surface area contributed by atoms with Gasteiger partial charge in [-0.2, -0.15) is 0 Å². The van der Waals surface area contributed by atoms with Crippen LogP contribution in [0.15, 0.2) is 42.6 Å². The first kappa shape index (κ1) is 17.4. The molecule has 2 aromatic rings. The Kier molecular flexibility index (Phi) is 5.60. The van der Waals surface area contributed by atoms with Crippen LogP contribution in [0, 0.1) is 0 Å². The van der Waals surface area contributed by atoms with E-state index in [0.29, 0.717) is 32.0 Å². The summed E-state index contributed by atoms with van der Waals surface area (Å²) < 4.78 is 5.59. The molecule has 0 radical (unpaired) electrons. The maximum atomic E-state index is 12.8. The van der Waals surface area contributed by atoms with Crippen LogP contribution in [0.3, 0.4) is 0 Å². The second-order valence-electron chi connectivity index (χ2n) is 6.44. The van der Waals surface area contributed by atoms with Gasteiger partial charge in [0.25, 0.3) is 0 Å². The van der Waals surface area contributed by atoms with E-state index in [1.54, 1.807) is 6.20 Å². The van der Waals surface area contributed by atoms with Gasteiger partial charge in [0.1, 0.15) is 11.9 Å². The van der Waals surface area contributed by atoms with E-state index in [2.05, 4.69) is 29.1 Å². The van der Waals surface area contributed by atoms with E-state index in [4.69, 9.17) is 4.74 Å². The third-order valence-electron chi connectivity index (χ3n) is 4.06. The van der Waals surface area contributed by atoms with Gasteiger partial charge in [-0.3, -0.25) is 4.79 Å². The molecule has 0 aliphatic carbocycles. The molecule has 0 bridgehead atoms. The van der Waals surface area contributed by atoms with Crippen molar-refractivity contribution in [2.75, 3.05) is 25.1 Å². The summed E-state index contributed by atoms with van der Waals surface area (Å²) in [6.45, 7) is 5.64. The Bertz CT molecular complexity index is 706. The summed E-state index contributed by atoms with van der Waals surface area (Å²) in [6.07, 6.45) is 2.10. The molecule has 25 heavy (non-hydrogen) atoms. The third kappa shape index (κ3) is 4.54. The number of amides is 1. The van der Waals surface area contributed by atoms with Gasteiger partial charge in [-0.15, -0.1) is 0 Å². The number of anilines is 1. The number of hydrogen-bond donors (Lipinski definition) is 1. The van der Waals surface area contributed by atoms with Crippen LogP contribution >= 0.6 is 0 Å². The van der Waals surface area contributed by atoms with Crippen molar-refractivity contribution >= 4 is 11.7 Å². The second-order valence-corrected chi connectivity index (χ2v) is 6.44. The highest BCUT2D eigenvalue weighted by Crippen LogP contribution is 2.23. The monoisotopic (exact) mass is 340 g/mol. The summed E-state index contributed by atoms with van der Waals surface area (Å²) in [5.41, 5.74) is 1.01. The fourth-order valence-electron chi connectivity index (χ4n) is 2.90. The van der Waals surface area contributed by atoms with Crippen LogP contribution in [0.1, 0.15) is 31.3 Å². The highest BCUT2D eigenvalue weighted by molar-refractivity contribution is 5.79. The Balaban J connectivity index is 1.77. The van der Waals surface area contributed by atoms with Crippen LogP contribution in [0.25, 0.3) is 0 Å². The summed E-state index contributed by atoms with van der Waals surface area (Å²) in [6, 6.07) is 11.6. The average molecular weight is 340 g/mol. The predicted molar refractivity (Wildman–Crippen MR) is 96.2 cm³/mol. The molecule has 6 nitrogen and oxygen atoms in total. The van der Waals surface area contributed by atoms with Gasteiger partial charge in [-0.1, -0.05) is 30.3 Å². The van der Waals surface area contributed by atoms with Gasteiger partial charge in [-0.25, -0.2) is 9.97 Å². The number of nitrogens with zero attached hydrogens (tertiary/aromatic N) is 3. The average Bonchev–Trinajstić information content (AvgIpc) is 2.62. The van der Waals surface area contributed by atoms with Crippen molar-refractivity contribution in [3.05, 3.63) is 54.0 Å². The Labute approximate surface area is 148 Å². The molecule has 1 fully saturated rings. The Morgan fingerprint density at radius 3 is 2.88 bits per heavy atom. The molecule has 1 aromatic heterocycles. The molecule has 132 valence electrons. The molecule has 1 aliphatic heterocycles. The molecule has 1 aromatic carbocycles. The zero-order valence-electron chi connectivity index (χ0n) is 14.7. The summed E-state index contributed by atoms with van der Waals surface area (Å²) in [5, 5.41) is 3.27. The largest absolute Gasteiger partial charge is 0.377 e. The van der Waals surface area contributed by atoms with Crippen molar-refractivity contribution in [3.8, 4) is 0 Å². The van der Waals surface area contributed by atoms with E-state index < -0.39 is 0 Å². The lowest BCUT2D eigenvalue weighted by atomic mass is 10.1. The topological polar surface area (TPSA) is 67.4 Å². The van der Waals surface area contributed by atoms with Gasteiger partial charge >= 0.3 is 0 Å². The van der Waals surface area contributed by atoms with E-state index >= 15 is 0 Å². The van der Waals surface area contributed by atoms with Crippen molar-refractivity contribution < 1.29 is 9.53 Å². The number of rotatable bonds is 5. The molecule has 6 heteroatoms. The number of ether oxygens (including phenoxy) is 1. The minimum absolute atomic E-state index is 0.0744. The van der Waals surface area contributed by atoms with E-state index in [-0.39, 0.29) is 18.0 Å². The third-order valence-corrected chi connectivity index (χ3v) is 4.06. The quantitative estimate of drug-likeness (QED) is 0.905. The SMILES string of the molecule is CC(C)Nc1ccnc(C2COCCN2C(=O)Cc2ccccc2)n1. The number of aromatic nitrogens is 2. The first-order chi connectivity index (χ1) is 12.1. The Morgan fingerprint density at radius 1 is 1.32 bits per heavy atom. The predicted octanol–water partition coefficient (Wildman–Crippen LogP) is 2.44. The number of carbonyl (C=O) groups is 1. The zero-order chi connectivity index (χ0) is 17.6. The fraction of sp³-hybridized carbons (Fsp3) is 0.421. The molecular weight excluding hydrogens is 316 g/mol. The number of hydrogen-bond acceptors (Lipinski definition) is 5. The second kappa shape index (κ2) is 8.07. The van der Waals surface area contributed by atoms with Gasteiger partial charge < -0.3 is 15.0 Å². The number of carbonyl (C=O) groups excluding carboxylic acids is 1.